The number of hydrogen-bond acceptors (Lipinski definition) is 2. The molecule has 2 unspecified atom stereocenters. The minimum atomic E-state index is 0.598. The van der Waals surface area contributed by atoms with Gasteiger partial charge >= 0.3 is 0 Å². The van der Waals surface area contributed by atoms with Gasteiger partial charge in [-0.1, -0.05) is 26.2 Å². The monoisotopic (exact) mass is 272 g/mol. The summed E-state index contributed by atoms with van der Waals surface area (Å²) < 4.78 is 0. The van der Waals surface area contributed by atoms with Crippen LogP contribution < -0.4 is 10.6 Å². The number of thiocarbonyl (C=S) groups is 1. The van der Waals surface area contributed by atoms with Gasteiger partial charge in [0.05, 0.1) is 0 Å². The van der Waals surface area contributed by atoms with Crippen LogP contribution in [0.5, 0.6) is 0 Å². The molecule has 0 saturated heterocycles. The van der Waals surface area contributed by atoms with E-state index in [1.807, 2.05) is 0 Å². The Balaban J connectivity index is 1.73. The van der Waals surface area contributed by atoms with Crippen molar-refractivity contribution in [2.24, 2.45) is 0 Å². The van der Waals surface area contributed by atoms with Crippen molar-refractivity contribution in [1.29, 1.82) is 0 Å². The summed E-state index contributed by atoms with van der Waals surface area (Å²) in [6.07, 6.45) is 9.28. The second-order valence-corrected chi connectivity index (χ2v) is 7.05. The highest BCUT2D eigenvalue weighted by Gasteiger charge is 2.28. The largest absolute Gasteiger partial charge is 0.360 e. The third-order valence-electron chi connectivity index (χ3n) is 3.84. The zero-order valence-corrected chi connectivity index (χ0v) is 12.3. The van der Waals surface area contributed by atoms with Crippen molar-refractivity contribution < 1.29 is 0 Å². The number of rotatable bonds is 4. The van der Waals surface area contributed by atoms with Crippen LogP contribution in [-0.4, -0.2) is 28.2 Å². The zero-order chi connectivity index (χ0) is 12.1. The fourth-order valence-corrected chi connectivity index (χ4v) is 4.49. The molecule has 0 amide bonds. The molecule has 2 nitrogen and oxygen atoms in total. The first-order valence-electron chi connectivity index (χ1n) is 6.98. The van der Waals surface area contributed by atoms with Gasteiger partial charge in [-0.25, -0.2) is 0 Å². The zero-order valence-electron chi connectivity index (χ0n) is 10.7. The van der Waals surface area contributed by atoms with Crippen molar-refractivity contribution in [3.05, 3.63) is 0 Å². The quantitative estimate of drug-likeness (QED) is 0.768. The van der Waals surface area contributed by atoms with Gasteiger partial charge in [0.25, 0.3) is 0 Å². The predicted octanol–water partition coefficient (Wildman–Crippen LogP) is 3.07. The fourth-order valence-electron chi connectivity index (χ4n) is 2.97. The van der Waals surface area contributed by atoms with Gasteiger partial charge in [-0.15, -0.1) is 0 Å². The fraction of sp³-hybridized carbons (Fsp3) is 0.923. The number of hydrogen-bond donors (Lipinski definition) is 2. The molecule has 0 radical (unpaired) electrons. The third kappa shape index (κ3) is 4.02. The van der Waals surface area contributed by atoms with Crippen LogP contribution in [0.15, 0.2) is 0 Å². The summed E-state index contributed by atoms with van der Waals surface area (Å²) in [6, 6.07) is 1.23. The molecule has 0 aromatic rings. The molecule has 0 spiro atoms. The van der Waals surface area contributed by atoms with Crippen molar-refractivity contribution >= 4 is 29.1 Å². The SMILES string of the molecule is CCSC1CCCC1NC(=S)NC1CCCC1. The molecule has 4 heteroatoms. The Morgan fingerprint density at radius 2 is 1.88 bits per heavy atom. The molecule has 2 aliphatic rings. The van der Waals surface area contributed by atoms with Gasteiger partial charge in [0.1, 0.15) is 0 Å². The molecule has 0 aromatic carbocycles. The lowest BCUT2D eigenvalue weighted by atomic mass is 10.2. The summed E-state index contributed by atoms with van der Waals surface area (Å²) in [6.45, 7) is 2.25. The van der Waals surface area contributed by atoms with Crippen LogP contribution in [0.2, 0.25) is 0 Å². The molecule has 0 aliphatic heterocycles. The summed E-state index contributed by atoms with van der Waals surface area (Å²) >= 11 is 7.51. The van der Waals surface area contributed by atoms with Crippen molar-refractivity contribution in [3.8, 4) is 0 Å². The van der Waals surface area contributed by atoms with Gasteiger partial charge in [0.15, 0.2) is 5.11 Å². The third-order valence-corrected chi connectivity index (χ3v) is 5.40. The highest BCUT2D eigenvalue weighted by atomic mass is 32.2. The lowest BCUT2D eigenvalue weighted by Crippen LogP contribution is -2.47. The van der Waals surface area contributed by atoms with E-state index in [1.54, 1.807) is 0 Å². The van der Waals surface area contributed by atoms with E-state index in [1.165, 1.54) is 50.7 Å². The second-order valence-electron chi connectivity index (χ2n) is 5.13. The molecule has 2 N–H and O–H groups in total. The van der Waals surface area contributed by atoms with Crippen molar-refractivity contribution in [2.45, 2.75) is 69.2 Å². The molecule has 0 bridgehead atoms. The van der Waals surface area contributed by atoms with E-state index in [0.29, 0.717) is 12.1 Å². The smallest absolute Gasteiger partial charge is 0.166 e. The Labute approximate surface area is 115 Å². The Kier molecular flexibility index (Phi) is 5.42. The number of thioether (sulfide) groups is 1. The lowest BCUT2D eigenvalue weighted by molar-refractivity contribution is 0.587. The van der Waals surface area contributed by atoms with Gasteiger partial charge in [-0.2, -0.15) is 11.8 Å². The van der Waals surface area contributed by atoms with Crippen LogP contribution in [0, 0.1) is 0 Å². The average Bonchev–Trinajstić information content (AvgIpc) is 2.92. The van der Waals surface area contributed by atoms with Crippen LogP contribution in [0.1, 0.15) is 51.9 Å². The van der Waals surface area contributed by atoms with E-state index in [0.717, 1.165) is 10.4 Å². The van der Waals surface area contributed by atoms with Crippen molar-refractivity contribution in [1.82, 2.24) is 10.6 Å². The summed E-state index contributed by atoms with van der Waals surface area (Å²) in [5.41, 5.74) is 0. The normalized spacial score (nSPS) is 29.5. The highest BCUT2D eigenvalue weighted by molar-refractivity contribution is 7.99. The first kappa shape index (κ1) is 13.5. The lowest BCUT2D eigenvalue weighted by Gasteiger charge is -2.23. The summed E-state index contributed by atoms with van der Waals surface area (Å²) in [7, 11) is 0. The molecule has 2 aliphatic carbocycles. The summed E-state index contributed by atoms with van der Waals surface area (Å²) in [4.78, 5) is 0. The molecule has 2 saturated carbocycles. The van der Waals surface area contributed by atoms with E-state index in [9.17, 15) is 0 Å². The van der Waals surface area contributed by atoms with E-state index in [-0.39, 0.29) is 0 Å². The predicted molar refractivity (Wildman–Crippen MR) is 80.7 cm³/mol. The maximum absolute atomic E-state index is 5.43. The van der Waals surface area contributed by atoms with Gasteiger partial charge < -0.3 is 10.6 Å². The van der Waals surface area contributed by atoms with Gasteiger partial charge in [0.2, 0.25) is 0 Å². The second kappa shape index (κ2) is 6.83. The maximum Gasteiger partial charge on any atom is 0.166 e. The molecule has 98 valence electrons. The van der Waals surface area contributed by atoms with Gasteiger partial charge in [-0.05, 0) is 43.7 Å². The van der Waals surface area contributed by atoms with Gasteiger partial charge in [0, 0.05) is 17.3 Å². The molecule has 0 heterocycles. The summed E-state index contributed by atoms with van der Waals surface area (Å²) in [5, 5.41) is 8.68. The summed E-state index contributed by atoms with van der Waals surface area (Å²) in [5.74, 6) is 1.21. The molecule has 0 aromatic heterocycles. The number of nitrogens with one attached hydrogen (secondary N) is 2. The maximum atomic E-state index is 5.43. The molecule has 2 atom stereocenters. The van der Waals surface area contributed by atoms with Crippen molar-refractivity contribution in [3.63, 3.8) is 0 Å². The first-order chi connectivity index (χ1) is 8.29. The van der Waals surface area contributed by atoms with Gasteiger partial charge in [-0.3, -0.25) is 0 Å². The van der Waals surface area contributed by atoms with Crippen LogP contribution in [0.3, 0.4) is 0 Å². The molecule has 2 fully saturated rings. The van der Waals surface area contributed by atoms with Crippen LogP contribution >= 0.6 is 24.0 Å². The Hall–Kier alpha value is 0.0400. The minimum absolute atomic E-state index is 0.598. The molecule has 17 heavy (non-hydrogen) atoms. The Bertz CT molecular complexity index is 252. The standard InChI is InChI=1S/C13H24N2S2/c1-2-17-12-9-5-8-11(12)15-13(16)14-10-6-3-4-7-10/h10-12H,2-9H2,1H3,(H2,14,15,16). The topological polar surface area (TPSA) is 24.1 Å². The molecule has 2 rings (SSSR count). The van der Waals surface area contributed by atoms with Crippen molar-refractivity contribution in [2.75, 3.05) is 5.75 Å². The molecular weight excluding hydrogens is 248 g/mol. The van der Waals surface area contributed by atoms with E-state index >= 15 is 0 Å². The van der Waals surface area contributed by atoms with E-state index < -0.39 is 0 Å². The van der Waals surface area contributed by atoms with Crippen LogP contribution in [0.25, 0.3) is 0 Å². The molecular formula is C13H24N2S2. The first-order valence-corrected chi connectivity index (χ1v) is 8.44. The van der Waals surface area contributed by atoms with E-state index in [4.69, 9.17) is 12.2 Å². The Morgan fingerprint density at radius 1 is 1.12 bits per heavy atom. The van der Waals surface area contributed by atoms with Crippen LogP contribution in [0.4, 0.5) is 0 Å². The highest BCUT2D eigenvalue weighted by Crippen LogP contribution is 2.29. The average molecular weight is 272 g/mol. The van der Waals surface area contributed by atoms with Crippen LogP contribution in [-0.2, 0) is 0 Å². The minimum Gasteiger partial charge on any atom is -0.360 e. The Morgan fingerprint density at radius 3 is 2.59 bits per heavy atom. The van der Waals surface area contributed by atoms with E-state index in [2.05, 4.69) is 29.3 Å².